The molecule has 0 aliphatic rings. The van der Waals surface area contributed by atoms with Gasteiger partial charge in [-0.25, -0.2) is 4.79 Å². The number of aromatic nitrogens is 2. The van der Waals surface area contributed by atoms with E-state index in [0.29, 0.717) is 18.8 Å². The molecule has 1 unspecified atom stereocenters. The van der Waals surface area contributed by atoms with Gasteiger partial charge in [0.25, 0.3) is 0 Å². The van der Waals surface area contributed by atoms with Crippen LogP contribution in [0.15, 0.2) is 42.6 Å². The molecule has 6 heteroatoms. The zero-order valence-electron chi connectivity index (χ0n) is 13.6. The van der Waals surface area contributed by atoms with Crippen molar-refractivity contribution in [3.05, 3.63) is 48.2 Å². The van der Waals surface area contributed by atoms with Gasteiger partial charge in [0.05, 0.1) is 6.54 Å². The van der Waals surface area contributed by atoms with Crippen LogP contribution in [0, 0.1) is 0 Å². The summed E-state index contributed by atoms with van der Waals surface area (Å²) in [6.45, 7) is 4.58. The molecule has 2 rings (SSSR count). The molecule has 124 valence electrons. The lowest BCUT2D eigenvalue weighted by Gasteiger charge is -2.28. The summed E-state index contributed by atoms with van der Waals surface area (Å²) >= 11 is 0. The summed E-state index contributed by atoms with van der Waals surface area (Å²) < 4.78 is 1.78. The second-order valence-electron chi connectivity index (χ2n) is 5.85. The Labute approximate surface area is 136 Å². The summed E-state index contributed by atoms with van der Waals surface area (Å²) in [6.07, 6.45) is 3.08. The number of aliphatic hydroxyl groups is 1. The average molecular weight is 316 g/mol. The highest BCUT2D eigenvalue weighted by molar-refractivity contribution is 5.88. The van der Waals surface area contributed by atoms with E-state index in [0.717, 1.165) is 12.0 Å². The van der Waals surface area contributed by atoms with E-state index >= 15 is 0 Å². The van der Waals surface area contributed by atoms with Gasteiger partial charge in [0.2, 0.25) is 0 Å². The molecule has 23 heavy (non-hydrogen) atoms. The summed E-state index contributed by atoms with van der Waals surface area (Å²) in [5.41, 5.74) is 0.721. The molecule has 2 aromatic rings. The number of nitrogens with zero attached hydrogens (tertiary/aromatic N) is 2. The van der Waals surface area contributed by atoms with Crippen molar-refractivity contribution in [3.63, 3.8) is 0 Å². The summed E-state index contributed by atoms with van der Waals surface area (Å²) in [5, 5.41) is 19.1. The number of anilines is 1. The Morgan fingerprint density at radius 3 is 2.70 bits per heavy atom. The number of hydrogen-bond acceptors (Lipinski definition) is 3. The molecule has 1 atom stereocenters. The number of rotatable bonds is 7. The van der Waals surface area contributed by atoms with Crippen molar-refractivity contribution in [1.82, 2.24) is 15.1 Å². The van der Waals surface area contributed by atoms with E-state index in [9.17, 15) is 4.79 Å². The van der Waals surface area contributed by atoms with Crippen LogP contribution in [0.1, 0.15) is 32.3 Å². The minimum atomic E-state index is -0.425. The van der Waals surface area contributed by atoms with Crippen LogP contribution in [0.3, 0.4) is 0 Å². The molecule has 0 aliphatic heterocycles. The topological polar surface area (TPSA) is 79.2 Å². The van der Waals surface area contributed by atoms with Crippen molar-refractivity contribution in [3.8, 4) is 0 Å². The second-order valence-corrected chi connectivity index (χ2v) is 5.85. The van der Waals surface area contributed by atoms with Gasteiger partial charge >= 0.3 is 6.03 Å². The smallest absolute Gasteiger partial charge is 0.320 e. The van der Waals surface area contributed by atoms with Crippen LogP contribution < -0.4 is 10.6 Å². The number of hydrogen-bond donors (Lipinski definition) is 3. The molecule has 6 nitrogen and oxygen atoms in total. The first kappa shape index (κ1) is 17.0. The maximum atomic E-state index is 12.1. The van der Waals surface area contributed by atoms with E-state index in [1.807, 2.05) is 50.4 Å². The number of nitrogens with one attached hydrogen (secondary N) is 2. The van der Waals surface area contributed by atoms with Gasteiger partial charge in [-0.1, -0.05) is 37.3 Å². The van der Waals surface area contributed by atoms with Crippen LogP contribution in [-0.2, 0) is 6.54 Å². The molecule has 2 amide bonds. The zero-order chi connectivity index (χ0) is 16.7. The lowest BCUT2D eigenvalue weighted by atomic mass is 9.95. The van der Waals surface area contributed by atoms with Crippen LogP contribution in [-0.4, -0.2) is 33.1 Å². The van der Waals surface area contributed by atoms with Crippen LogP contribution in [0.25, 0.3) is 0 Å². The van der Waals surface area contributed by atoms with Crippen molar-refractivity contribution in [2.75, 3.05) is 11.9 Å². The fourth-order valence-electron chi connectivity index (χ4n) is 2.28. The van der Waals surface area contributed by atoms with Crippen molar-refractivity contribution in [2.24, 2.45) is 0 Å². The lowest BCUT2D eigenvalue weighted by Crippen LogP contribution is -2.48. The molecule has 0 bridgehead atoms. The van der Waals surface area contributed by atoms with Crippen LogP contribution in [0.4, 0.5) is 10.6 Å². The molecular formula is C17H24N4O2. The van der Waals surface area contributed by atoms with E-state index in [2.05, 4.69) is 15.7 Å². The van der Waals surface area contributed by atoms with E-state index in [4.69, 9.17) is 5.11 Å². The van der Waals surface area contributed by atoms with E-state index in [-0.39, 0.29) is 12.6 Å². The van der Waals surface area contributed by atoms with Gasteiger partial charge in [-0.15, -0.1) is 0 Å². The van der Waals surface area contributed by atoms with Gasteiger partial charge in [0.1, 0.15) is 0 Å². The van der Waals surface area contributed by atoms with Crippen molar-refractivity contribution in [2.45, 2.75) is 38.8 Å². The third kappa shape index (κ3) is 5.10. The third-order valence-electron chi connectivity index (χ3n) is 3.93. The quantitative estimate of drug-likeness (QED) is 0.734. The number of carbonyl (C=O) groups excluding carboxylic acids is 1. The van der Waals surface area contributed by atoms with Crippen molar-refractivity contribution in [1.29, 1.82) is 0 Å². The standard InChI is InChI=1S/C17H24N4O2/c1-3-17(2,10-12-22)19-16(23)18-15-9-11-21(20-15)13-14-7-5-4-6-8-14/h4-9,11,22H,3,10,12-13H2,1-2H3,(H2,18,19,20,23). The minimum Gasteiger partial charge on any atom is -0.396 e. The Kier molecular flexibility index (Phi) is 5.76. The Balaban J connectivity index is 1.92. The van der Waals surface area contributed by atoms with Gasteiger partial charge in [-0.05, 0) is 25.3 Å². The van der Waals surface area contributed by atoms with Crippen molar-refractivity contribution < 1.29 is 9.90 Å². The summed E-state index contributed by atoms with van der Waals surface area (Å²) in [4.78, 5) is 12.1. The largest absolute Gasteiger partial charge is 0.396 e. The summed E-state index contributed by atoms with van der Waals surface area (Å²) in [6, 6.07) is 11.5. The summed E-state index contributed by atoms with van der Waals surface area (Å²) in [5.74, 6) is 0.501. The maximum absolute atomic E-state index is 12.1. The first-order valence-corrected chi connectivity index (χ1v) is 7.82. The van der Waals surface area contributed by atoms with Gasteiger partial charge in [-0.2, -0.15) is 5.10 Å². The zero-order valence-corrected chi connectivity index (χ0v) is 13.6. The first-order chi connectivity index (χ1) is 11.0. The fourth-order valence-corrected chi connectivity index (χ4v) is 2.28. The number of carbonyl (C=O) groups is 1. The Morgan fingerprint density at radius 2 is 2.04 bits per heavy atom. The summed E-state index contributed by atoms with van der Waals surface area (Å²) in [7, 11) is 0. The Morgan fingerprint density at radius 1 is 1.30 bits per heavy atom. The van der Waals surface area contributed by atoms with E-state index in [1.54, 1.807) is 10.7 Å². The molecule has 0 fully saturated rings. The Hall–Kier alpha value is -2.34. The normalized spacial score (nSPS) is 13.3. The molecule has 1 aromatic heterocycles. The molecule has 0 aliphatic carbocycles. The van der Waals surface area contributed by atoms with E-state index < -0.39 is 5.54 Å². The second kappa shape index (κ2) is 7.78. The number of urea groups is 1. The third-order valence-corrected chi connectivity index (χ3v) is 3.93. The predicted octanol–water partition coefficient (Wildman–Crippen LogP) is 2.60. The molecular weight excluding hydrogens is 292 g/mol. The number of aliphatic hydroxyl groups excluding tert-OH is 1. The Bertz CT molecular complexity index is 627. The van der Waals surface area contributed by atoms with Gasteiger partial charge in [0.15, 0.2) is 5.82 Å². The number of benzene rings is 1. The molecule has 3 N–H and O–H groups in total. The minimum absolute atomic E-state index is 0.0380. The van der Waals surface area contributed by atoms with Crippen LogP contribution in [0.2, 0.25) is 0 Å². The van der Waals surface area contributed by atoms with Gasteiger partial charge in [-0.3, -0.25) is 10.00 Å². The molecule has 0 spiro atoms. The van der Waals surface area contributed by atoms with Crippen molar-refractivity contribution >= 4 is 11.8 Å². The van der Waals surface area contributed by atoms with Gasteiger partial charge in [0, 0.05) is 24.4 Å². The average Bonchev–Trinajstić information content (AvgIpc) is 2.95. The number of amides is 2. The predicted molar refractivity (Wildman–Crippen MR) is 90.3 cm³/mol. The molecule has 0 saturated heterocycles. The lowest BCUT2D eigenvalue weighted by molar-refractivity contribution is 0.208. The SMILES string of the molecule is CCC(C)(CCO)NC(=O)Nc1ccn(Cc2ccccc2)n1. The monoisotopic (exact) mass is 316 g/mol. The highest BCUT2D eigenvalue weighted by atomic mass is 16.3. The highest BCUT2D eigenvalue weighted by Crippen LogP contribution is 2.14. The van der Waals surface area contributed by atoms with E-state index in [1.165, 1.54) is 0 Å². The molecule has 0 saturated carbocycles. The first-order valence-electron chi connectivity index (χ1n) is 7.82. The molecule has 0 radical (unpaired) electrons. The molecule has 1 heterocycles. The van der Waals surface area contributed by atoms with Crippen LogP contribution >= 0.6 is 0 Å². The van der Waals surface area contributed by atoms with Gasteiger partial charge < -0.3 is 10.4 Å². The maximum Gasteiger partial charge on any atom is 0.320 e. The van der Waals surface area contributed by atoms with Crippen LogP contribution in [0.5, 0.6) is 0 Å². The molecule has 1 aromatic carbocycles. The fraction of sp³-hybridized carbons (Fsp3) is 0.412. The highest BCUT2D eigenvalue weighted by Gasteiger charge is 2.23.